The minimum atomic E-state index is -3.46. The highest BCUT2D eigenvalue weighted by Crippen LogP contribution is 2.29. The molecule has 5 nitrogen and oxygen atoms in total. The molecule has 1 fully saturated rings. The summed E-state index contributed by atoms with van der Waals surface area (Å²) >= 11 is 0. The van der Waals surface area contributed by atoms with Gasteiger partial charge in [-0.25, -0.2) is 8.42 Å². The SMILES string of the molecule is O=C(c1ccc(S(=O)(=O)N2CCCCC2)cc1)N1CCc2ccccc21. The summed E-state index contributed by atoms with van der Waals surface area (Å²) in [6, 6.07) is 14.3. The van der Waals surface area contributed by atoms with Gasteiger partial charge in [0.1, 0.15) is 0 Å². The van der Waals surface area contributed by atoms with E-state index in [1.54, 1.807) is 33.5 Å². The van der Waals surface area contributed by atoms with Crippen molar-refractivity contribution in [1.29, 1.82) is 0 Å². The molecule has 0 unspecified atom stereocenters. The van der Waals surface area contributed by atoms with Crippen molar-refractivity contribution >= 4 is 21.6 Å². The summed E-state index contributed by atoms with van der Waals surface area (Å²) in [6.45, 7) is 1.81. The number of piperidine rings is 1. The van der Waals surface area contributed by atoms with Crippen LogP contribution >= 0.6 is 0 Å². The Hall–Kier alpha value is -2.18. The van der Waals surface area contributed by atoms with Crippen molar-refractivity contribution in [3.8, 4) is 0 Å². The molecule has 6 heteroatoms. The first-order chi connectivity index (χ1) is 12.6. The zero-order chi connectivity index (χ0) is 18.1. The topological polar surface area (TPSA) is 57.7 Å². The minimum absolute atomic E-state index is 0.0862. The molecule has 4 rings (SSSR count). The third kappa shape index (κ3) is 3.04. The standard InChI is InChI=1S/C20H22N2O3S/c23-20(22-15-12-16-6-2-3-7-19(16)22)17-8-10-18(11-9-17)26(24,25)21-13-4-1-5-14-21/h2-3,6-11H,1,4-5,12-15H2. The van der Waals surface area contributed by atoms with Crippen LogP contribution in [0.25, 0.3) is 0 Å². The zero-order valence-corrected chi connectivity index (χ0v) is 15.4. The second-order valence-corrected chi connectivity index (χ2v) is 8.76. The number of para-hydroxylation sites is 1. The van der Waals surface area contributed by atoms with Crippen molar-refractivity contribution in [2.24, 2.45) is 0 Å². The Labute approximate surface area is 154 Å². The first-order valence-corrected chi connectivity index (χ1v) is 10.5. The van der Waals surface area contributed by atoms with Gasteiger partial charge in [0.15, 0.2) is 0 Å². The molecule has 0 radical (unpaired) electrons. The fourth-order valence-corrected chi connectivity index (χ4v) is 5.25. The van der Waals surface area contributed by atoms with Gasteiger partial charge in [-0.2, -0.15) is 4.31 Å². The largest absolute Gasteiger partial charge is 0.308 e. The molecule has 0 bridgehead atoms. The lowest BCUT2D eigenvalue weighted by atomic mass is 10.1. The van der Waals surface area contributed by atoms with Gasteiger partial charge in [-0.15, -0.1) is 0 Å². The normalized spacial score (nSPS) is 17.9. The maximum Gasteiger partial charge on any atom is 0.258 e. The molecule has 2 aliphatic rings. The van der Waals surface area contributed by atoms with Gasteiger partial charge in [-0.3, -0.25) is 4.79 Å². The van der Waals surface area contributed by atoms with E-state index in [-0.39, 0.29) is 10.8 Å². The van der Waals surface area contributed by atoms with Crippen LogP contribution in [0.4, 0.5) is 5.69 Å². The third-order valence-electron chi connectivity index (χ3n) is 5.19. The van der Waals surface area contributed by atoms with Crippen LogP contribution in [0.1, 0.15) is 35.2 Å². The van der Waals surface area contributed by atoms with Crippen LogP contribution < -0.4 is 4.90 Å². The second kappa shape index (κ2) is 6.85. The molecule has 0 spiro atoms. The lowest BCUT2D eigenvalue weighted by Crippen LogP contribution is -2.35. The Morgan fingerprint density at radius 2 is 1.54 bits per heavy atom. The van der Waals surface area contributed by atoms with Crippen molar-refractivity contribution in [3.05, 3.63) is 59.7 Å². The predicted octanol–water partition coefficient (Wildman–Crippen LogP) is 3.06. The molecule has 0 aliphatic carbocycles. The molecule has 0 saturated carbocycles. The highest BCUT2D eigenvalue weighted by molar-refractivity contribution is 7.89. The lowest BCUT2D eigenvalue weighted by molar-refractivity contribution is 0.0989. The number of carbonyl (C=O) groups is 1. The van der Waals surface area contributed by atoms with Crippen LogP contribution in [-0.4, -0.2) is 38.3 Å². The number of fused-ring (bicyclic) bond motifs is 1. The molecule has 2 aromatic carbocycles. The second-order valence-electron chi connectivity index (χ2n) is 6.82. The number of rotatable bonds is 3. The maximum atomic E-state index is 12.8. The summed E-state index contributed by atoms with van der Waals surface area (Å²) in [5.74, 6) is -0.0862. The Morgan fingerprint density at radius 1 is 0.846 bits per heavy atom. The first kappa shape index (κ1) is 17.2. The fourth-order valence-electron chi connectivity index (χ4n) is 3.73. The molecule has 2 heterocycles. The molecular weight excluding hydrogens is 348 g/mol. The van der Waals surface area contributed by atoms with Gasteiger partial charge < -0.3 is 4.90 Å². The van der Waals surface area contributed by atoms with E-state index in [9.17, 15) is 13.2 Å². The number of nitrogens with zero attached hydrogens (tertiary/aromatic N) is 2. The quantitative estimate of drug-likeness (QED) is 0.834. The lowest BCUT2D eigenvalue weighted by Gasteiger charge is -2.26. The molecule has 1 amide bonds. The van der Waals surface area contributed by atoms with Gasteiger partial charge in [-0.05, 0) is 55.2 Å². The molecule has 0 N–H and O–H groups in total. The van der Waals surface area contributed by atoms with Gasteiger partial charge in [0.25, 0.3) is 5.91 Å². The van der Waals surface area contributed by atoms with E-state index in [0.29, 0.717) is 25.2 Å². The third-order valence-corrected chi connectivity index (χ3v) is 7.10. The predicted molar refractivity (Wildman–Crippen MR) is 101 cm³/mol. The van der Waals surface area contributed by atoms with Crippen molar-refractivity contribution in [2.75, 3.05) is 24.5 Å². The minimum Gasteiger partial charge on any atom is -0.308 e. The average molecular weight is 370 g/mol. The highest BCUT2D eigenvalue weighted by Gasteiger charge is 2.28. The zero-order valence-electron chi connectivity index (χ0n) is 14.6. The van der Waals surface area contributed by atoms with E-state index < -0.39 is 10.0 Å². The summed E-state index contributed by atoms with van der Waals surface area (Å²) in [7, 11) is -3.46. The van der Waals surface area contributed by atoms with E-state index >= 15 is 0 Å². The van der Waals surface area contributed by atoms with Crippen LogP contribution in [0, 0.1) is 0 Å². The number of sulfonamides is 1. The van der Waals surface area contributed by atoms with Gasteiger partial charge in [0.2, 0.25) is 10.0 Å². The first-order valence-electron chi connectivity index (χ1n) is 9.07. The summed E-state index contributed by atoms with van der Waals surface area (Å²) in [5.41, 5.74) is 2.63. The van der Waals surface area contributed by atoms with Crippen LogP contribution in [0.3, 0.4) is 0 Å². The summed E-state index contributed by atoms with van der Waals surface area (Å²) in [4.78, 5) is 14.9. The summed E-state index contributed by atoms with van der Waals surface area (Å²) < 4.78 is 27.0. The number of hydrogen-bond acceptors (Lipinski definition) is 3. The number of carbonyl (C=O) groups excluding carboxylic acids is 1. The van der Waals surface area contributed by atoms with Gasteiger partial charge in [-0.1, -0.05) is 24.6 Å². The Morgan fingerprint density at radius 3 is 2.27 bits per heavy atom. The molecule has 1 saturated heterocycles. The molecule has 2 aromatic rings. The molecule has 26 heavy (non-hydrogen) atoms. The van der Waals surface area contributed by atoms with Gasteiger partial charge >= 0.3 is 0 Å². The number of hydrogen-bond donors (Lipinski definition) is 0. The van der Waals surface area contributed by atoms with Crippen LogP contribution in [0.15, 0.2) is 53.4 Å². The van der Waals surface area contributed by atoms with E-state index in [2.05, 4.69) is 0 Å². The van der Waals surface area contributed by atoms with Crippen LogP contribution in [0.2, 0.25) is 0 Å². The van der Waals surface area contributed by atoms with Crippen molar-refractivity contribution in [3.63, 3.8) is 0 Å². The van der Waals surface area contributed by atoms with Gasteiger partial charge in [0, 0.05) is 30.9 Å². The molecule has 2 aliphatic heterocycles. The monoisotopic (exact) mass is 370 g/mol. The van der Waals surface area contributed by atoms with Crippen LogP contribution in [0.5, 0.6) is 0 Å². The van der Waals surface area contributed by atoms with Crippen molar-refractivity contribution < 1.29 is 13.2 Å². The summed E-state index contributed by atoms with van der Waals surface area (Å²) in [6.07, 6.45) is 3.74. The fraction of sp³-hybridized carbons (Fsp3) is 0.350. The highest BCUT2D eigenvalue weighted by atomic mass is 32.2. The molecule has 0 atom stereocenters. The van der Waals surface area contributed by atoms with E-state index in [1.165, 1.54) is 5.56 Å². The van der Waals surface area contributed by atoms with Crippen molar-refractivity contribution in [1.82, 2.24) is 4.31 Å². The van der Waals surface area contributed by atoms with E-state index in [4.69, 9.17) is 0 Å². The average Bonchev–Trinajstić information content (AvgIpc) is 3.12. The Kier molecular flexibility index (Phi) is 4.54. The number of anilines is 1. The molecular formula is C20H22N2O3S. The number of amides is 1. The summed E-state index contributed by atoms with van der Waals surface area (Å²) in [5, 5.41) is 0. The smallest absolute Gasteiger partial charge is 0.258 e. The number of benzene rings is 2. The van der Waals surface area contributed by atoms with E-state index in [0.717, 1.165) is 31.4 Å². The maximum absolute atomic E-state index is 12.8. The van der Waals surface area contributed by atoms with Crippen molar-refractivity contribution in [2.45, 2.75) is 30.6 Å². The molecule has 136 valence electrons. The van der Waals surface area contributed by atoms with E-state index in [1.807, 2.05) is 24.3 Å². The Bertz CT molecular complexity index is 916. The van der Waals surface area contributed by atoms with Crippen LogP contribution in [-0.2, 0) is 16.4 Å². The van der Waals surface area contributed by atoms with Gasteiger partial charge in [0.05, 0.1) is 4.90 Å². The Balaban J connectivity index is 1.56. The molecule has 0 aromatic heterocycles.